The summed E-state index contributed by atoms with van der Waals surface area (Å²) in [5.74, 6) is -0.417. The largest absolute Gasteiger partial charge is 0.477 e. The van der Waals surface area contributed by atoms with E-state index in [1.807, 2.05) is 24.5 Å². The number of carbonyl (C=O) groups is 1. The second-order valence-corrected chi connectivity index (χ2v) is 5.75. The molecule has 0 aliphatic heterocycles. The molecule has 0 bridgehead atoms. The van der Waals surface area contributed by atoms with Crippen molar-refractivity contribution in [3.63, 3.8) is 0 Å². The average molecular weight is 353 g/mol. The van der Waals surface area contributed by atoms with Crippen LogP contribution in [-0.4, -0.2) is 23.7 Å². The number of rotatable bonds is 6. The van der Waals surface area contributed by atoms with Gasteiger partial charge in [0.1, 0.15) is 0 Å². The van der Waals surface area contributed by atoms with Crippen LogP contribution in [0.15, 0.2) is 47.4 Å². The summed E-state index contributed by atoms with van der Waals surface area (Å²) in [7, 11) is 0. The average Bonchev–Trinajstić information content (AvgIpc) is 2.53. The Morgan fingerprint density at radius 1 is 1.35 bits per heavy atom. The third-order valence-electron chi connectivity index (χ3n) is 2.83. The molecule has 0 atom stereocenters. The number of hydrogen-bond acceptors (Lipinski definition) is 5. The van der Waals surface area contributed by atoms with E-state index in [1.165, 1.54) is 18.2 Å². The first kappa shape index (κ1) is 17.1. The summed E-state index contributed by atoms with van der Waals surface area (Å²) >= 11 is 7.27. The fourth-order valence-corrected chi connectivity index (χ4v) is 2.42. The van der Waals surface area contributed by atoms with E-state index >= 15 is 0 Å². The number of ether oxygens (including phenoxy) is 1. The summed E-state index contributed by atoms with van der Waals surface area (Å²) in [6.45, 7) is -0.341. The molecule has 2 aromatic rings. The Labute approximate surface area is 141 Å². The van der Waals surface area contributed by atoms with Gasteiger partial charge in [-0.3, -0.25) is 14.9 Å². The van der Waals surface area contributed by atoms with Crippen LogP contribution in [0, 0.1) is 10.1 Å². The summed E-state index contributed by atoms with van der Waals surface area (Å²) < 4.78 is 5.23. The zero-order valence-corrected chi connectivity index (χ0v) is 13.7. The molecule has 0 aliphatic rings. The number of nitrogens with zero attached hydrogens (tertiary/aromatic N) is 1. The van der Waals surface area contributed by atoms with E-state index in [4.69, 9.17) is 16.3 Å². The van der Waals surface area contributed by atoms with E-state index in [-0.39, 0.29) is 23.1 Å². The monoisotopic (exact) mass is 352 g/mol. The molecule has 0 saturated heterocycles. The zero-order chi connectivity index (χ0) is 16.8. The number of anilines is 1. The van der Waals surface area contributed by atoms with Crippen molar-refractivity contribution >= 4 is 40.6 Å². The third-order valence-corrected chi connectivity index (χ3v) is 3.79. The summed E-state index contributed by atoms with van der Waals surface area (Å²) in [5.41, 5.74) is 0.353. The van der Waals surface area contributed by atoms with Gasteiger partial charge in [-0.1, -0.05) is 17.7 Å². The number of nitro groups is 1. The molecular formula is C15H13ClN2O4S. The molecule has 0 aromatic heterocycles. The molecule has 0 spiro atoms. The Morgan fingerprint density at radius 3 is 2.83 bits per heavy atom. The van der Waals surface area contributed by atoms with Crippen LogP contribution in [0.4, 0.5) is 11.4 Å². The molecule has 23 heavy (non-hydrogen) atoms. The molecule has 6 nitrogen and oxygen atoms in total. The van der Waals surface area contributed by atoms with Crippen LogP contribution < -0.4 is 10.1 Å². The first-order valence-electron chi connectivity index (χ1n) is 6.50. The number of thioether (sulfide) groups is 1. The number of amides is 1. The lowest BCUT2D eigenvalue weighted by molar-refractivity contribution is -0.385. The van der Waals surface area contributed by atoms with Crippen molar-refractivity contribution in [1.29, 1.82) is 0 Å². The highest BCUT2D eigenvalue weighted by atomic mass is 35.5. The van der Waals surface area contributed by atoms with E-state index in [0.29, 0.717) is 5.69 Å². The Balaban J connectivity index is 2.00. The van der Waals surface area contributed by atoms with Gasteiger partial charge in [0.2, 0.25) is 0 Å². The van der Waals surface area contributed by atoms with E-state index in [9.17, 15) is 14.9 Å². The van der Waals surface area contributed by atoms with E-state index in [1.54, 1.807) is 17.8 Å². The maximum atomic E-state index is 11.9. The summed E-state index contributed by atoms with van der Waals surface area (Å²) in [4.78, 5) is 23.2. The number of hydrogen-bond donors (Lipinski definition) is 1. The maximum Gasteiger partial charge on any atom is 0.312 e. The van der Waals surface area contributed by atoms with Gasteiger partial charge in [0.05, 0.1) is 4.92 Å². The molecule has 1 amide bonds. The highest BCUT2D eigenvalue weighted by Gasteiger charge is 2.16. The molecule has 0 heterocycles. The lowest BCUT2D eigenvalue weighted by atomic mass is 10.3. The van der Waals surface area contributed by atoms with Gasteiger partial charge in [-0.15, -0.1) is 11.8 Å². The molecule has 2 aromatic carbocycles. The Bertz CT molecular complexity index is 739. The van der Waals surface area contributed by atoms with Crippen molar-refractivity contribution in [2.45, 2.75) is 4.90 Å². The minimum Gasteiger partial charge on any atom is -0.477 e. The molecule has 8 heteroatoms. The quantitative estimate of drug-likeness (QED) is 0.483. The first-order valence-corrected chi connectivity index (χ1v) is 8.10. The Kier molecular flexibility index (Phi) is 5.84. The normalized spacial score (nSPS) is 10.2. The second kappa shape index (κ2) is 7.85. The van der Waals surface area contributed by atoms with Crippen molar-refractivity contribution in [2.75, 3.05) is 18.2 Å². The smallest absolute Gasteiger partial charge is 0.312 e. The van der Waals surface area contributed by atoms with Gasteiger partial charge < -0.3 is 10.1 Å². The van der Waals surface area contributed by atoms with Gasteiger partial charge in [-0.05, 0) is 36.6 Å². The van der Waals surface area contributed by atoms with Crippen LogP contribution >= 0.6 is 23.4 Å². The van der Waals surface area contributed by atoms with Gasteiger partial charge in [0.15, 0.2) is 12.4 Å². The number of carbonyl (C=O) groups excluding carboxylic acids is 1. The number of nitro benzene ring substituents is 1. The van der Waals surface area contributed by atoms with Gasteiger partial charge in [-0.2, -0.15) is 0 Å². The lowest BCUT2D eigenvalue weighted by Crippen LogP contribution is -2.20. The van der Waals surface area contributed by atoms with Crippen LogP contribution in [0.1, 0.15) is 0 Å². The van der Waals surface area contributed by atoms with Crippen LogP contribution in [0.25, 0.3) is 0 Å². The van der Waals surface area contributed by atoms with Crippen molar-refractivity contribution in [2.24, 2.45) is 0 Å². The van der Waals surface area contributed by atoms with Gasteiger partial charge in [0.25, 0.3) is 5.91 Å². The topological polar surface area (TPSA) is 81.5 Å². The fraction of sp³-hybridized carbons (Fsp3) is 0.133. The molecule has 1 N–H and O–H groups in total. The molecular weight excluding hydrogens is 340 g/mol. The number of nitrogens with one attached hydrogen (secondary N) is 1. The number of halogens is 1. The number of benzene rings is 2. The molecule has 2 rings (SSSR count). The zero-order valence-electron chi connectivity index (χ0n) is 12.1. The molecule has 0 fully saturated rings. The molecule has 0 radical (unpaired) electrons. The summed E-state index contributed by atoms with van der Waals surface area (Å²) in [6.07, 6.45) is 1.93. The molecule has 0 unspecified atom stereocenters. The van der Waals surface area contributed by atoms with Crippen LogP contribution in [0.3, 0.4) is 0 Å². The van der Waals surface area contributed by atoms with Crippen LogP contribution in [0.2, 0.25) is 5.02 Å². The Morgan fingerprint density at radius 2 is 2.13 bits per heavy atom. The van der Waals surface area contributed by atoms with Gasteiger partial charge in [-0.25, -0.2) is 0 Å². The Hall–Kier alpha value is -2.25. The molecule has 0 aliphatic carbocycles. The molecule has 0 saturated carbocycles. The summed E-state index contributed by atoms with van der Waals surface area (Å²) in [6, 6.07) is 11.3. The third kappa shape index (κ3) is 4.87. The van der Waals surface area contributed by atoms with E-state index in [0.717, 1.165) is 4.90 Å². The SMILES string of the molecule is CSc1cccc(NC(=O)COc2ccc(Cl)cc2[N+](=O)[O-])c1. The van der Waals surface area contributed by atoms with E-state index < -0.39 is 10.8 Å². The minimum atomic E-state index is -0.610. The maximum absolute atomic E-state index is 11.9. The summed E-state index contributed by atoms with van der Waals surface area (Å²) in [5, 5.41) is 13.8. The first-order chi connectivity index (χ1) is 11.0. The van der Waals surface area contributed by atoms with Crippen molar-refractivity contribution < 1.29 is 14.5 Å². The van der Waals surface area contributed by atoms with Crippen molar-refractivity contribution in [3.8, 4) is 5.75 Å². The van der Waals surface area contributed by atoms with Crippen molar-refractivity contribution in [3.05, 3.63) is 57.6 Å². The van der Waals surface area contributed by atoms with Crippen molar-refractivity contribution in [1.82, 2.24) is 0 Å². The van der Waals surface area contributed by atoms with Gasteiger partial charge in [0, 0.05) is 21.7 Å². The molecule has 120 valence electrons. The minimum absolute atomic E-state index is 0.00702. The fourth-order valence-electron chi connectivity index (χ4n) is 1.80. The van der Waals surface area contributed by atoms with Crippen LogP contribution in [-0.2, 0) is 4.79 Å². The second-order valence-electron chi connectivity index (χ2n) is 4.44. The van der Waals surface area contributed by atoms with E-state index in [2.05, 4.69) is 5.32 Å². The van der Waals surface area contributed by atoms with Crippen LogP contribution in [0.5, 0.6) is 5.75 Å². The lowest BCUT2D eigenvalue weighted by Gasteiger charge is -2.08. The predicted molar refractivity (Wildman–Crippen MR) is 90.5 cm³/mol. The highest BCUT2D eigenvalue weighted by molar-refractivity contribution is 7.98. The standard InChI is InChI=1S/C15H13ClN2O4S/c1-23-12-4-2-3-11(8-12)17-15(19)9-22-14-6-5-10(16)7-13(14)18(20)21/h2-8H,9H2,1H3,(H,17,19). The highest BCUT2D eigenvalue weighted by Crippen LogP contribution is 2.29. The predicted octanol–water partition coefficient (Wildman–Crippen LogP) is 3.99. The van der Waals surface area contributed by atoms with Gasteiger partial charge >= 0.3 is 5.69 Å².